The Hall–Kier alpha value is -2.22. The normalized spacial score (nSPS) is 35.4. The van der Waals surface area contributed by atoms with E-state index < -0.39 is 43.3 Å². The molecule has 0 radical (unpaired) electrons. The van der Waals surface area contributed by atoms with Crippen LogP contribution in [0.2, 0.25) is 0 Å². The van der Waals surface area contributed by atoms with Crippen LogP contribution in [0.5, 0.6) is 0 Å². The predicted molar refractivity (Wildman–Crippen MR) is 92.9 cm³/mol. The van der Waals surface area contributed by atoms with Gasteiger partial charge in [-0.15, -0.1) is 0 Å². The first-order valence-electron chi connectivity index (χ1n) is 8.61. The molecule has 1 fully saturated rings. The fourth-order valence-electron chi connectivity index (χ4n) is 4.68. The van der Waals surface area contributed by atoms with Crippen molar-refractivity contribution in [1.29, 1.82) is 0 Å². The lowest BCUT2D eigenvalue weighted by molar-refractivity contribution is -0.537. The molecule has 0 bridgehead atoms. The number of Topliss-reactive ketones (excluding diaryl/α,β-unsaturated/α-hetero) is 1. The van der Waals surface area contributed by atoms with Crippen molar-refractivity contribution in [3.8, 4) is 0 Å². The van der Waals surface area contributed by atoms with E-state index in [9.17, 15) is 23.3 Å². The molecule has 3 aliphatic rings. The third-order valence-corrected chi connectivity index (χ3v) is 8.08. The van der Waals surface area contributed by atoms with Crippen molar-refractivity contribution in [2.45, 2.75) is 49.0 Å². The predicted octanol–water partition coefficient (Wildman–Crippen LogP) is 2.01. The minimum Gasteiger partial charge on any atom is -0.483 e. The highest BCUT2D eigenvalue weighted by molar-refractivity contribution is 7.92. The highest BCUT2D eigenvalue weighted by Crippen LogP contribution is 2.53. The van der Waals surface area contributed by atoms with Gasteiger partial charge in [0.05, 0.1) is 0 Å². The fraction of sp³-hybridized carbons (Fsp3) is 0.500. The van der Waals surface area contributed by atoms with Crippen LogP contribution in [-0.4, -0.2) is 41.8 Å². The van der Waals surface area contributed by atoms with Gasteiger partial charge in [0.1, 0.15) is 16.8 Å². The summed E-state index contributed by atoms with van der Waals surface area (Å²) >= 11 is 0. The Morgan fingerprint density at radius 2 is 1.92 bits per heavy atom. The summed E-state index contributed by atoms with van der Waals surface area (Å²) in [6, 6.07) is 7.57. The number of rotatable bonds is 2. The van der Waals surface area contributed by atoms with Crippen molar-refractivity contribution >= 4 is 15.6 Å². The largest absolute Gasteiger partial charge is 0.483 e. The van der Waals surface area contributed by atoms with E-state index >= 15 is 0 Å². The quantitative estimate of drug-likeness (QED) is 0.577. The van der Waals surface area contributed by atoms with E-state index in [-0.39, 0.29) is 5.78 Å². The number of allylic oxidation sites excluding steroid dienone is 2. The van der Waals surface area contributed by atoms with Crippen molar-refractivity contribution < 1.29 is 22.9 Å². The summed E-state index contributed by atoms with van der Waals surface area (Å²) in [7, 11) is -3.82. The van der Waals surface area contributed by atoms with E-state index in [1.165, 1.54) is 6.92 Å². The first kappa shape index (κ1) is 17.2. The zero-order chi connectivity index (χ0) is 18.7. The molecule has 1 aromatic rings. The highest BCUT2D eigenvalue weighted by Gasteiger charge is 2.69. The summed E-state index contributed by atoms with van der Waals surface area (Å²) in [5.41, 5.74) is -0.418. The molecule has 8 heteroatoms. The van der Waals surface area contributed by atoms with E-state index in [1.807, 2.05) is 6.07 Å². The molecule has 0 N–H and O–H groups in total. The van der Waals surface area contributed by atoms with Crippen LogP contribution in [0, 0.1) is 10.1 Å². The average molecular weight is 377 g/mol. The van der Waals surface area contributed by atoms with Crippen LogP contribution in [0.4, 0.5) is 0 Å². The SMILES string of the molecule is C[C@]12OC3=C(C(=O)CCC3)[C@H](c3ccccc3)[C@H]1S(=O)(=O)C[C@H]2[N+](=O)[O-]. The molecular formula is C18H19NO6S. The van der Waals surface area contributed by atoms with Gasteiger partial charge in [-0.25, -0.2) is 8.42 Å². The number of nitro groups is 1. The van der Waals surface area contributed by atoms with Crippen molar-refractivity contribution in [3.63, 3.8) is 0 Å². The lowest BCUT2D eigenvalue weighted by Gasteiger charge is -2.44. The second kappa shape index (κ2) is 5.64. The maximum atomic E-state index is 13.0. The summed E-state index contributed by atoms with van der Waals surface area (Å²) < 4.78 is 31.9. The molecule has 138 valence electrons. The summed E-state index contributed by atoms with van der Waals surface area (Å²) in [5, 5.41) is 10.5. The molecule has 0 spiro atoms. The summed E-state index contributed by atoms with van der Waals surface area (Å²) in [5.74, 6) is -0.994. The van der Waals surface area contributed by atoms with Gasteiger partial charge in [-0.1, -0.05) is 30.3 Å². The van der Waals surface area contributed by atoms with Gasteiger partial charge in [0.15, 0.2) is 21.2 Å². The molecule has 0 unspecified atom stereocenters. The number of hydrogen-bond donors (Lipinski definition) is 0. The second-order valence-corrected chi connectivity index (χ2v) is 9.51. The van der Waals surface area contributed by atoms with Crippen LogP contribution in [0.25, 0.3) is 0 Å². The molecule has 0 saturated carbocycles. The van der Waals surface area contributed by atoms with E-state index in [0.717, 1.165) is 0 Å². The van der Waals surface area contributed by atoms with Crippen LogP contribution in [-0.2, 0) is 19.4 Å². The van der Waals surface area contributed by atoms with Crippen LogP contribution < -0.4 is 0 Å². The lowest BCUT2D eigenvalue weighted by atomic mass is 9.73. The number of fused-ring (bicyclic) bond motifs is 1. The Kier molecular flexibility index (Phi) is 3.73. The first-order chi connectivity index (χ1) is 12.3. The Morgan fingerprint density at radius 1 is 1.23 bits per heavy atom. The van der Waals surface area contributed by atoms with E-state index in [4.69, 9.17) is 4.74 Å². The Labute approximate surface area is 151 Å². The molecule has 4 rings (SSSR count). The third-order valence-electron chi connectivity index (χ3n) is 5.78. The lowest BCUT2D eigenvalue weighted by Crippen LogP contribution is -2.56. The minimum atomic E-state index is -3.82. The zero-order valence-corrected chi connectivity index (χ0v) is 15.1. The molecular weight excluding hydrogens is 358 g/mol. The summed E-state index contributed by atoms with van der Waals surface area (Å²) in [6.45, 7) is 1.51. The van der Waals surface area contributed by atoms with E-state index in [1.54, 1.807) is 24.3 Å². The smallest absolute Gasteiger partial charge is 0.266 e. The van der Waals surface area contributed by atoms with E-state index in [2.05, 4.69) is 0 Å². The van der Waals surface area contributed by atoms with Crippen LogP contribution in [0.1, 0.15) is 37.7 Å². The van der Waals surface area contributed by atoms with Gasteiger partial charge >= 0.3 is 0 Å². The molecule has 0 aromatic heterocycles. The Balaban J connectivity index is 1.99. The number of carbonyl (C=O) groups excluding carboxylic acids is 1. The summed E-state index contributed by atoms with van der Waals surface area (Å²) in [4.78, 5) is 23.7. The standard InChI is InChI=1S/C18H19NO6S/c1-18-14(19(21)22)10-26(23,24)17(18)15(11-6-3-2-4-7-11)16-12(20)8-5-9-13(16)25-18/h2-4,6-7,14-15,17H,5,8-10H2,1H3/t14-,15+,17-,18-/m1/s1. The first-order valence-corrected chi connectivity index (χ1v) is 10.3. The molecule has 0 amide bonds. The zero-order valence-electron chi connectivity index (χ0n) is 14.3. The average Bonchev–Trinajstić information content (AvgIpc) is 2.80. The number of sulfone groups is 1. The number of ketones is 1. The monoisotopic (exact) mass is 377 g/mol. The van der Waals surface area contributed by atoms with Crippen molar-refractivity contribution in [2.75, 3.05) is 5.75 Å². The molecule has 26 heavy (non-hydrogen) atoms. The van der Waals surface area contributed by atoms with Gasteiger partial charge < -0.3 is 4.74 Å². The molecule has 1 aromatic carbocycles. The van der Waals surface area contributed by atoms with Crippen LogP contribution in [0.15, 0.2) is 41.7 Å². The van der Waals surface area contributed by atoms with Gasteiger partial charge in [0.2, 0.25) is 0 Å². The molecule has 2 heterocycles. The maximum Gasteiger partial charge on any atom is 0.266 e. The number of ether oxygens (including phenoxy) is 1. The van der Waals surface area contributed by atoms with Crippen LogP contribution >= 0.6 is 0 Å². The van der Waals surface area contributed by atoms with Gasteiger partial charge in [0, 0.05) is 29.3 Å². The summed E-state index contributed by atoms with van der Waals surface area (Å²) in [6.07, 6.45) is 1.45. The molecule has 1 saturated heterocycles. The maximum absolute atomic E-state index is 13.0. The number of hydrogen-bond acceptors (Lipinski definition) is 6. The molecule has 4 atom stereocenters. The molecule has 7 nitrogen and oxygen atoms in total. The number of nitrogens with zero attached hydrogens (tertiary/aromatic N) is 1. The van der Waals surface area contributed by atoms with Crippen LogP contribution in [0.3, 0.4) is 0 Å². The Bertz CT molecular complexity index is 922. The van der Waals surface area contributed by atoms with E-state index in [0.29, 0.717) is 36.2 Å². The highest BCUT2D eigenvalue weighted by atomic mass is 32.2. The number of benzene rings is 1. The van der Waals surface area contributed by atoms with Gasteiger partial charge in [-0.05, 0) is 18.9 Å². The second-order valence-electron chi connectivity index (χ2n) is 7.34. The Morgan fingerprint density at radius 3 is 2.58 bits per heavy atom. The minimum absolute atomic E-state index is 0.123. The van der Waals surface area contributed by atoms with Crippen molar-refractivity contribution in [3.05, 3.63) is 57.3 Å². The van der Waals surface area contributed by atoms with Gasteiger partial charge in [-0.2, -0.15) is 0 Å². The molecule has 1 aliphatic carbocycles. The third kappa shape index (κ3) is 2.31. The van der Waals surface area contributed by atoms with Crippen molar-refractivity contribution in [2.24, 2.45) is 0 Å². The van der Waals surface area contributed by atoms with Gasteiger partial charge in [-0.3, -0.25) is 14.9 Å². The van der Waals surface area contributed by atoms with Gasteiger partial charge in [0.25, 0.3) is 6.04 Å². The van der Waals surface area contributed by atoms with Crippen molar-refractivity contribution in [1.82, 2.24) is 0 Å². The molecule has 2 aliphatic heterocycles. The fourth-order valence-corrected chi connectivity index (χ4v) is 7.40. The topological polar surface area (TPSA) is 104 Å². The number of carbonyl (C=O) groups is 1.